The van der Waals surface area contributed by atoms with Gasteiger partial charge in [0.2, 0.25) is 5.76 Å². The molecule has 1 atom stereocenters. The van der Waals surface area contributed by atoms with Gasteiger partial charge in [-0.15, -0.1) is 0 Å². The van der Waals surface area contributed by atoms with E-state index in [0.717, 1.165) is 57.6 Å². The van der Waals surface area contributed by atoms with Crippen molar-refractivity contribution in [3.05, 3.63) is 52.9 Å². The van der Waals surface area contributed by atoms with E-state index < -0.39 is 0 Å². The number of aromatic nitrogens is 1. The number of carbonyl (C=O) groups excluding carboxylic acids is 1. The van der Waals surface area contributed by atoms with Crippen LogP contribution in [0.25, 0.3) is 0 Å². The Hall–Kier alpha value is -2.18. The first-order chi connectivity index (χ1) is 14.6. The molecule has 1 aromatic heterocycles. The zero-order chi connectivity index (χ0) is 20.9. The van der Waals surface area contributed by atoms with Gasteiger partial charge in [0.05, 0.1) is 18.3 Å². The monoisotopic (exact) mass is 411 g/mol. The molecule has 1 amide bonds. The fourth-order valence-corrected chi connectivity index (χ4v) is 4.35. The van der Waals surface area contributed by atoms with Crippen LogP contribution in [0.2, 0.25) is 0 Å². The number of amides is 1. The fourth-order valence-electron chi connectivity index (χ4n) is 4.35. The van der Waals surface area contributed by atoms with Crippen LogP contribution in [0.5, 0.6) is 0 Å². The molecule has 1 aromatic carbocycles. The maximum Gasteiger partial charge on any atom is 0.290 e. The molecule has 0 unspecified atom stereocenters. The standard InChI is InChI=1S/C24H33N3O3/c1-17(2)19-7-5-18(6-8-19)15-27-11-9-20(10-12-27)22-14-23(30-26-22)24(28)25-21-4-3-13-29-16-21/h5-8,14,17,20-21H,3-4,9-13,15-16H2,1-2H3,(H,25,28)/t21-/m0/s1. The topological polar surface area (TPSA) is 67.6 Å². The van der Waals surface area contributed by atoms with Gasteiger partial charge < -0.3 is 14.6 Å². The smallest absolute Gasteiger partial charge is 0.290 e. The second-order valence-electron chi connectivity index (χ2n) is 8.95. The van der Waals surface area contributed by atoms with Crippen molar-refractivity contribution in [2.24, 2.45) is 0 Å². The van der Waals surface area contributed by atoms with E-state index in [4.69, 9.17) is 9.26 Å². The van der Waals surface area contributed by atoms with Gasteiger partial charge >= 0.3 is 0 Å². The van der Waals surface area contributed by atoms with E-state index in [1.807, 2.05) is 6.07 Å². The average Bonchev–Trinajstić information content (AvgIpc) is 3.26. The van der Waals surface area contributed by atoms with Crippen LogP contribution in [0, 0.1) is 0 Å². The number of rotatable bonds is 6. The second-order valence-corrected chi connectivity index (χ2v) is 8.95. The van der Waals surface area contributed by atoms with Crippen LogP contribution in [-0.4, -0.2) is 48.3 Å². The number of carbonyl (C=O) groups is 1. The van der Waals surface area contributed by atoms with E-state index in [9.17, 15) is 4.79 Å². The summed E-state index contributed by atoms with van der Waals surface area (Å²) in [5, 5.41) is 7.19. The third-order valence-corrected chi connectivity index (χ3v) is 6.31. The van der Waals surface area contributed by atoms with Crippen molar-refractivity contribution in [2.45, 2.75) is 64.0 Å². The number of nitrogens with zero attached hydrogens (tertiary/aromatic N) is 2. The van der Waals surface area contributed by atoms with Gasteiger partial charge in [-0.1, -0.05) is 43.3 Å². The Labute approximate surface area is 179 Å². The fraction of sp³-hybridized carbons (Fsp3) is 0.583. The largest absolute Gasteiger partial charge is 0.379 e. The Balaban J connectivity index is 1.26. The summed E-state index contributed by atoms with van der Waals surface area (Å²) in [6.45, 7) is 8.86. The summed E-state index contributed by atoms with van der Waals surface area (Å²) in [6, 6.07) is 10.9. The summed E-state index contributed by atoms with van der Waals surface area (Å²) in [5.41, 5.74) is 3.66. The SMILES string of the molecule is CC(C)c1ccc(CN2CCC(c3cc(C(=O)N[C@H]4CCCOC4)on3)CC2)cc1. The van der Waals surface area contributed by atoms with E-state index in [2.05, 4.69) is 53.5 Å². The van der Waals surface area contributed by atoms with E-state index >= 15 is 0 Å². The Morgan fingerprint density at radius 3 is 2.63 bits per heavy atom. The highest BCUT2D eigenvalue weighted by Gasteiger charge is 2.26. The lowest BCUT2D eigenvalue weighted by molar-refractivity contribution is 0.0608. The molecule has 3 heterocycles. The molecule has 1 N–H and O–H groups in total. The number of ether oxygens (including phenoxy) is 1. The Bertz CT molecular complexity index is 816. The van der Waals surface area contributed by atoms with Crippen LogP contribution < -0.4 is 5.32 Å². The molecule has 0 spiro atoms. The molecule has 0 radical (unpaired) electrons. The maximum atomic E-state index is 12.4. The summed E-state index contributed by atoms with van der Waals surface area (Å²) < 4.78 is 10.8. The molecule has 4 rings (SSSR count). The number of piperidine rings is 1. The zero-order valence-corrected chi connectivity index (χ0v) is 18.1. The van der Waals surface area contributed by atoms with Crippen molar-refractivity contribution in [1.82, 2.24) is 15.4 Å². The molecule has 2 aliphatic heterocycles. The maximum absolute atomic E-state index is 12.4. The van der Waals surface area contributed by atoms with Gasteiger partial charge in [0.15, 0.2) is 0 Å². The van der Waals surface area contributed by atoms with Crippen LogP contribution in [0.1, 0.15) is 78.7 Å². The molecular formula is C24H33N3O3. The van der Waals surface area contributed by atoms with Gasteiger partial charge in [-0.2, -0.15) is 0 Å². The minimum Gasteiger partial charge on any atom is -0.379 e. The molecule has 0 saturated carbocycles. The van der Waals surface area contributed by atoms with Crippen LogP contribution in [0.3, 0.4) is 0 Å². The van der Waals surface area contributed by atoms with Gasteiger partial charge in [-0.3, -0.25) is 9.69 Å². The van der Waals surface area contributed by atoms with Crippen molar-refractivity contribution in [2.75, 3.05) is 26.3 Å². The number of likely N-dealkylation sites (tertiary alicyclic amines) is 1. The lowest BCUT2D eigenvalue weighted by Crippen LogP contribution is -2.40. The van der Waals surface area contributed by atoms with Gasteiger partial charge in [-0.25, -0.2) is 0 Å². The molecular weight excluding hydrogens is 378 g/mol. The molecule has 0 bridgehead atoms. The van der Waals surface area contributed by atoms with Crippen LogP contribution in [0.15, 0.2) is 34.9 Å². The van der Waals surface area contributed by atoms with Crippen molar-refractivity contribution in [3.63, 3.8) is 0 Å². The molecule has 2 fully saturated rings. The molecule has 2 aliphatic rings. The van der Waals surface area contributed by atoms with Crippen molar-refractivity contribution >= 4 is 5.91 Å². The van der Waals surface area contributed by atoms with Crippen molar-refractivity contribution in [1.29, 1.82) is 0 Å². The normalized spacial score (nSPS) is 21.1. The number of hydrogen-bond donors (Lipinski definition) is 1. The Morgan fingerprint density at radius 2 is 1.97 bits per heavy atom. The van der Waals surface area contributed by atoms with E-state index in [1.54, 1.807) is 0 Å². The van der Waals surface area contributed by atoms with Crippen LogP contribution >= 0.6 is 0 Å². The lowest BCUT2D eigenvalue weighted by Gasteiger charge is -2.31. The molecule has 162 valence electrons. The summed E-state index contributed by atoms with van der Waals surface area (Å²) in [7, 11) is 0. The molecule has 2 aromatic rings. The molecule has 6 heteroatoms. The first kappa shape index (κ1) is 21.1. The number of benzene rings is 1. The third-order valence-electron chi connectivity index (χ3n) is 6.31. The molecule has 2 saturated heterocycles. The van der Waals surface area contributed by atoms with Crippen molar-refractivity contribution in [3.8, 4) is 0 Å². The average molecular weight is 412 g/mol. The Morgan fingerprint density at radius 1 is 1.20 bits per heavy atom. The summed E-state index contributed by atoms with van der Waals surface area (Å²) >= 11 is 0. The van der Waals surface area contributed by atoms with Gasteiger partial charge in [0.1, 0.15) is 0 Å². The number of nitrogens with one attached hydrogen (secondary N) is 1. The van der Waals surface area contributed by atoms with Crippen LogP contribution in [0.4, 0.5) is 0 Å². The van der Waals surface area contributed by atoms with Gasteiger partial charge in [-0.05, 0) is 55.8 Å². The minimum atomic E-state index is -0.188. The first-order valence-corrected chi connectivity index (χ1v) is 11.2. The summed E-state index contributed by atoms with van der Waals surface area (Å²) in [6.07, 6.45) is 4.00. The van der Waals surface area contributed by atoms with E-state index in [1.165, 1.54) is 11.1 Å². The van der Waals surface area contributed by atoms with Gasteiger partial charge in [0, 0.05) is 25.1 Å². The zero-order valence-electron chi connectivity index (χ0n) is 18.1. The summed E-state index contributed by atoms with van der Waals surface area (Å²) in [4.78, 5) is 14.9. The molecule has 30 heavy (non-hydrogen) atoms. The highest BCUT2D eigenvalue weighted by Crippen LogP contribution is 2.28. The molecule has 0 aliphatic carbocycles. The predicted octanol–water partition coefficient (Wildman–Crippen LogP) is 4.09. The quantitative estimate of drug-likeness (QED) is 0.776. The van der Waals surface area contributed by atoms with Gasteiger partial charge in [0.25, 0.3) is 5.91 Å². The summed E-state index contributed by atoms with van der Waals surface area (Å²) in [5.74, 6) is 1.04. The van der Waals surface area contributed by atoms with Crippen molar-refractivity contribution < 1.29 is 14.1 Å². The van der Waals surface area contributed by atoms with Crippen LogP contribution in [-0.2, 0) is 11.3 Å². The highest BCUT2D eigenvalue weighted by molar-refractivity contribution is 5.91. The highest BCUT2D eigenvalue weighted by atomic mass is 16.5. The van der Waals surface area contributed by atoms with E-state index in [-0.39, 0.29) is 11.9 Å². The molecule has 6 nitrogen and oxygen atoms in total. The Kier molecular flexibility index (Phi) is 6.85. The third kappa shape index (κ3) is 5.29. The second kappa shape index (κ2) is 9.75. The minimum absolute atomic E-state index is 0.0673. The lowest BCUT2D eigenvalue weighted by atomic mass is 9.93. The van der Waals surface area contributed by atoms with E-state index in [0.29, 0.717) is 24.2 Å². The number of hydrogen-bond acceptors (Lipinski definition) is 5. The predicted molar refractivity (Wildman–Crippen MR) is 116 cm³/mol. The first-order valence-electron chi connectivity index (χ1n) is 11.2.